The lowest BCUT2D eigenvalue weighted by Crippen LogP contribution is -2.49. The van der Waals surface area contributed by atoms with Crippen LogP contribution < -0.4 is 20.7 Å². The molecule has 12 heteroatoms. The van der Waals surface area contributed by atoms with Crippen LogP contribution >= 0.6 is 0 Å². The number of guanidine groups is 1. The number of benzene rings is 1. The van der Waals surface area contributed by atoms with E-state index in [0.717, 1.165) is 18.5 Å². The van der Waals surface area contributed by atoms with Crippen molar-refractivity contribution in [2.45, 2.75) is 39.2 Å². The number of aryl methyl sites for hydroxylation is 1. The van der Waals surface area contributed by atoms with E-state index in [0.29, 0.717) is 18.9 Å². The minimum atomic E-state index is -3.79. The first-order chi connectivity index (χ1) is 15.6. The minimum absolute atomic E-state index is 0.162. The molecule has 0 saturated carbocycles. The van der Waals surface area contributed by atoms with Gasteiger partial charge in [0.25, 0.3) is 5.91 Å². The Morgan fingerprint density at radius 1 is 1.18 bits per heavy atom. The van der Waals surface area contributed by atoms with Crippen molar-refractivity contribution in [3.63, 3.8) is 0 Å². The van der Waals surface area contributed by atoms with Crippen LogP contribution in [-0.4, -0.2) is 68.7 Å². The van der Waals surface area contributed by atoms with E-state index in [1.165, 1.54) is 0 Å². The zero-order valence-corrected chi connectivity index (χ0v) is 19.6. The SMILES string of the molecule is CC(C)CS(=O)(=O)N[C@@H](CNC(=O)c1ccc(CCC(=O)NC2=NCCCN2)cc1)C(=O)O. The zero-order chi connectivity index (χ0) is 24.4. The van der Waals surface area contributed by atoms with Crippen LogP contribution in [0.5, 0.6) is 0 Å². The normalized spacial score (nSPS) is 14.7. The fourth-order valence-electron chi connectivity index (χ4n) is 3.07. The van der Waals surface area contributed by atoms with Gasteiger partial charge in [-0.05, 0) is 36.5 Å². The van der Waals surface area contributed by atoms with E-state index >= 15 is 0 Å². The van der Waals surface area contributed by atoms with Crippen molar-refractivity contribution in [2.75, 3.05) is 25.4 Å². The van der Waals surface area contributed by atoms with Crippen LogP contribution in [0.2, 0.25) is 0 Å². The lowest BCUT2D eigenvalue weighted by molar-refractivity contribution is -0.138. The van der Waals surface area contributed by atoms with Gasteiger partial charge in [-0.2, -0.15) is 4.72 Å². The van der Waals surface area contributed by atoms with Crippen molar-refractivity contribution in [1.29, 1.82) is 0 Å². The second-order valence-electron chi connectivity index (χ2n) is 8.15. The molecule has 182 valence electrons. The number of nitrogens with zero attached hydrogens (tertiary/aromatic N) is 1. The van der Waals surface area contributed by atoms with E-state index in [-0.39, 0.29) is 29.6 Å². The number of carbonyl (C=O) groups excluding carboxylic acids is 2. The van der Waals surface area contributed by atoms with Crippen molar-refractivity contribution >= 4 is 33.8 Å². The van der Waals surface area contributed by atoms with Gasteiger partial charge in [-0.3, -0.25) is 24.7 Å². The average Bonchev–Trinajstić information content (AvgIpc) is 2.75. The maximum Gasteiger partial charge on any atom is 0.323 e. The number of nitrogens with one attached hydrogen (secondary N) is 4. The largest absolute Gasteiger partial charge is 0.480 e. The quantitative estimate of drug-likeness (QED) is 0.293. The van der Waals surface area contributed by atoms with Gasteiger partial charge in [0.05, 0.1) is 5.75 Å². The highest BCUT2D eigenvalue weighted by Crippen LogP contribution is 2.07. The highest BCUT2D eigenvalue weighted by atomic mass is 32.2. The Morgan fingerprint density at radius 2 is 1.88 bits per heavy atom. The van der Waals surface area contributed by atoms with Gasteiger partial charge in [0, 0.05) is 31.6 Å². The molecule has 0 spiro atoms. The highest BCUT2D eigenvalue weighted by Gasteiger charge is 2.25. The Morgan fingerprint density at radius 3 is 2.45 bits per heavy atom. The molecule has 0 aliphatic carbocycles. The first-order valence-electron chi connectivity index (χ1n) is 10.7. The van der Waals surface area contributed by atoms with Crippen molar-refractivity contribution < 1.29 is 27.9 Å². The Kier molecular flexibility index (Phi) is 9.79. The first kappa shape index (κ1) is 26.3. The van der Waals surface area contributed by atoms with E-state index < -0.39 is 34.5 Å². The highest BCUT2D eigenvalue weighted by molar-refractivity contribution is 7.89. The van der Waals surface area contributed by atoms with Crippen molar-refractivity contribution in [2.24, 2.45) is 10.9 Å². The van der Waals surface area contributed by atoms with Crippen LogP contribution in [-0.2, 0) is 26.0 Å². The van der Waals surface area contributed by atoms with E-state index in [2.05, 4.69) is 25.7 Å². The number of hydrogen-bond donors (Lipinski definition) is 5. The van der Waals surface area contributed by atoms with Crippen LogP contribution in [0.1, 0.15) is 42.6 Å². The van der Waals surface area contributed by atoms with Crippen molar-refractivity contribution in [3.05, 3.63) is 35.4 Å². The lowest BCUT2D eigenvalue weighted by atomic mass is 10.1. The molecule has 2 rings (SSSR count). The summed E-state index contributed by atoms with van der Waals surface area (Å²) in [5, 5.41) is 17.5. The third kappa shape index (κ3) is 9.58. The molecule has 5 N–H and O–H groups in total. The minimum Gasteiger partial charge on any atom is -0.480 e. The summed E-state index contributed by atoms with van der Waals surface area (Å²) in [5.41, 5.74) is 1.14. The van der Waals surface area contributed by atoms with Gasteiger partial charge in [-0.25, -0.2) is 8.42 Å². The summed E-state index contributed by atoms with van der Waals surface area (Å²) in [6, 6.07) is 5.07. The second-order valence-corrected chi connectivity index (χ2v) is 9.95. The molecular weight excluding hydrogens is 450 g/mol. The maximum absolute atomic E-state index is 12.3. The third-order valence-corrected chi connectivity index (χ3v) is 6.40. The van der Waals surface area contributed by atoms with Crippen LogP contribution in [0.3, 0.4) is 0 Å². The molecule has 0 unspecified atom stereocenters. The maximum atomic E-state index is 12.3. The molecule has 0 saturated heterocycles. The van der Waals surface area contributed by atoms with Crippen LogP contribution in [0.4, 0.5) is 0 Å². The van der Waals surface area contributed by atoms with E-state index in [9.17, 15) is 27.9 Å². The number of rotatable bonds is 11. The Labute approximate surface area is 193 Å². The predicted molar refractivity (Wildman–Crippen MR) is 123 cm³/mol. The Hall–Kier alpha value is -2.99. The van der Waals surface area contributed by atoms with Crippen LogP contribution in [0, 0.1) is 5.92 Å². The molecule has 1 aliphatic rings. The number of aliphatic imine (C=N–C) groups is 1. The van der Waals surface area contributed by atoms with Gasteiger partial charge < -0.3 is 15.7 Å². The van der Waals surface area contributed by atoms with E-state index in [1.54, 1.807) is 38.1 Å². The molecule has 1 atom stereocenters. The van der Waals surface area contributed by atoms with E-state index in [1.807, 2.05) is 0 Å². The van der Waals surface area contributed by atoms with Gasteiger partial charge in [-0.1, -0.05) is 26.0 Å². The monoisotopic (exact) mass is 481 g/mol. The van der Waals surface area contributed by atoms with Crippen molar-refractivity contribution in [3.8, 4) is 0 Å². The van der Waals surface area contributed by atoms with Gasteiger partial charge in [0.2, 0.25) is 15.9 Å². The number of carboxylic acid groups (broad SMARTS) is 1. The van der Waals surface area contributed by atoms with Crippen LogP contribution in [0.15, 0.2) is 29.3 Å². The second kappa shape index (κ2) is 12.3. The first-order valence-corrected chi connectivity index (χ1v) is 12.4. The zero-order valence-electron chi connectivity index (χ0n) is 18.8. The van der Waals surface area contributed by atoms with Gasteiger partial charge in [0.1, 0.15) is 6.04 Å². The molecule has 0 aromatic heterocycles. The van der Waals surface area contributed by atoms with Crippen LogP contribution in [0.25, 0.3) is 0 Å². The predicted octanol–water partition coefficient (Wildman–Crippen LogP) is -0.157. The van der Waals surface area contributed by atoms with Gasteiger partial charge in [-0.15, -0.1) is 0 Å². The standard InChI is InChI=1S/C21H31N5O6S/c1-14(2)13-33(31,32)26-17(20(29)30)12-24-19(28)16-7-4-15(5-8-16)6-9-18(27)25-21-22-10-3-11-23-21/h4-5,7-8,14,17,26H,3,6,9-13H2,1-2H3,(H,24,28)(H,29,30)(H2,22,23,25,27)/t17-/m0/s1. The number of hydrogen-bond acceptors (Lipinski definition) is 7. The summed E-state index contributed by atoms with van der Waals surface area (Å²) in [6.07, 6.45) is 1.66. The molecule has 0 radical (unpaired) electrons. The molecule has 0 bridgehead atoms. The van der Waals surface area contributed by atoms with Gasteiger partial charge >= 0.3 is 5.97 Å². The smallest absolute Gasteiger partial charge is 0.323 e. The summed E-state index contributed by atoms with van der Waals surface area (Å²) < 4.78 is 26.1. The van der Waals surface area contributed by atoms with Crippen molar-refractivity contribution in [1.82, 2.24) is 20.7 Å². The number of amides is 2. The molecule has 1 heterocycles. The fraction of sp³-hybridized carbons (Fsp3) is 0.524. The molecule has 1 aromatic carbocycles. The number of carboxylic acids is 1. The molecule has 33 heavy (non-hydrogen) atoms. The number of aliphatic carboxylic acids is 1. The Balaban J connectivity index is 1.84. The summed E-state index contributed by atoms with van der Waals surface area (Å²) in [4.78, 5) is 39.9. The summed E-state index contributed by atoms with van der Waals surface area (Å²) in [6.45, 7) is 4.47. The molecule has 11 nitrogen and oxygen atoms in total. The lowest BCUT2D eigenvalue weighted by Gasteiger charge is -2.16. The summed E-state index contributed by atoms with van der Waals surface area (Å²) >= 11 is 0. The summed E-state index contributed by atoms with van der Waals surface area (Å²) in [5.74, 6) is -1.97. The summed E-state index contributed by atoms with van der Waals surface area (Å²) in [7, 11) is -3.79. The molecule has 2 amide bonds. The topological polar surface area (TPSA) is 166 Å². The molecular formula is C21H31N5O6S. The Bertz CT molecular complexity index is 975. The average molecular weight is 482 g/mol. The third-order valence-electron chi connectivity index (χ3n) is 4.65. The van der Waals surface area contributed by atoms with Gasteiger partial charge in [0.15, 0.2) is 5.96 Å². The molecule has 1 aromatic rings. The van der Waals surface area contributed by atoms with E-state index in [4.69, 9.17) is 0 Å². The molecule has 0 fully saturated rings. The number of carbonyl (C=O) groups is 3. The number of sulfonamides is 1. The fourth-order valence-corrected chi connectivity index (χ4v) is 4.66. The molecule has 1 aliphatic heterocycles.